The van der Waals surface area contributed by atoms with Crippen LogP contribution in [0.4, 0.5) is 0 Å². The van der Waals surface area contributed by atoms with Crippen molar-refractivity contribution in [3.05, 3.63) is 70.8 Å². The summed E-state index contributed by atoms with van der Waals surface area (Å²) in [5.74, 6) is -0.987. The molecule has 0 bridgehead atoms. The Morgan fingerprint density at radius 2 is 0.868 bits per heavy atom. The van der Waals surface area contributed by atoms with E-state index >= 15 is 0 Å². The van der Waals surface area contributed by atoms with E-state index in [-0.39, 0.29) is 23.5 Å². The minimum Gasteiger partial charge on any atom is -0.452 e. The Labute approximate surface area is 225 Å². The van der Waals surface area contributed by atoms with Gasteiger partial charge in [0.25, 0.3) is 0 Å². The molecule has 4 unspecified atom stereocenters. The lowest BCUT2D eigenvalue weighted by atomic mass is 9.88. The van der Waals surface area contributed by atoms with Crippen molar-refractivity contribution in [2.75, 3.05) is 0 Å². The highest BCUT2D eigenvalue weighted by Gasteiger charge is 2.47. The maximum atomic E-state index is 13.0. The van der Waals surface area contributed by atoms with Crippen LogP contribution in [0.5, 0.6) is 0 Å². The number of esters is 2. The predicted octanol–water partition coefficient (Wildman–Crippen LogP) is 6.35. The number of hydrogen-bond donors (Lipinski definition) is 0. The Hall–Kier alpha value is -2.78. The molecular formula is C30H40N2O6. The van der Waals surface area contributed by atoms with E-state index in [2.05, 4.69) is 41.5 Å². The number of carbonyl (C=O) groups excluding carboxylic acids is 2. The summed E-state index contributed by atoms with van der Waals surface area (Å²) < 4.78 is 11.7. The molecule has 4 rings (SSSR count). The summed E-state index contributed by atoms with van der Waals surface area (Å²) in [4.78, 5) is 37.3. The molecule has 206 valence electrons. The fraction of sp³-hybridized carbons (Fsp3) is 0.533. The van der Waals surface area contributed by atoms with Crippen molar-refractivity contribution >= 4 is 11.9 Å². The minimum atomic E-state index is -1.10. The Morgan fingerprint density at radius 3 is 1.11 bits per heavy atom. The van der Waals surface area contributed by atoms with Crippen LogP contribution in [-0.4, -0.2) is 44.3 Å². The number of benzene rings is 2. The molecule has 38 heavy (non-hydrogen) atoms. The molecule has 8 nitrogen and oxygen atoms in total. The van der Waals surface area contributed by atoms with Crippen LogP contribution in [0.1, 0.15) is 114 Å². The zero-order valence-electron chi connectivity index (χ0n) is 24.1. The van der Waals surface area contributed by atoms with Gasteiger partial charge in [-0.1, -0.05) is 24.3 Å². The zero-order chi connectivity index (χ0) is 28.3. The monoisotopic (exact) mass is 524 g/mol. The molecule has 0 aromatic heterocycles. The van der Waals surface area contributed by atoms with E-state index in [4.69, 9.17) is 19.1 Å². The van der Waals surface area contributed by atoms with Gasteiger partial charge in [0, 0.05) is 11.1 Å². The molecule has 2 aromatic rings. The molecule has 2 aromatic carbocycles. The van der Waals surface area contributed by atoms with E-state index in [1.165, 1.54) is 0 Å². The standard InChI is InChI=1S/C30H40N2O6/c1-27(2,3)31-23(37-31)19-11-15-21(16-12-19)25(33)35-29(7,8)30(9,10)36-26(34)22-17-13-20(14-18-22)24-32(38-24)28(4,5)6/h11-18,23-24H,1-10H3. The van der Waals surface area contributed by atoms with Crippen molar-refractivity contribution in [2.24, 2.45) is 0 Å². The van der Waals surface area contributed by atoms with Crippen LogP contribution in [0.2, 0.25) is 0 Å². The SMILES string of the molecule is CC(C)(C)N1OC1c1ccc(C(=O)OC(C)(C)C(C)(C)OC(=O)c2ccc(C3ON3C(C)(C)C)cc2)cc1. The second kappa shape index (κ2) is 9.45. The van der Waals surface area contributed by atoms with Crippen LogP contribution in [0.15, 0.2) is 48.5 Å². The first kappa shape index (κ1) is 28.2. The van der Waals surface area contributed by atoms with Gasteiger partial charge in [0.15, 0.2) is 12.5 Å². The molecule has 2 heterocycles. The Balaban J connectivity index is 1.35. The molecule has 2 aliphatic rings. The van der Waals surface area contributed by atoms with Crippen LogP contribution in [0.3, 0.4) is 0 Å². The number of rotatable bonds is 7. The highest BCUT2D eigenvalue weighted by atomic mass is 16.8. The van der Waals surface area contributed by atoms with Gasteiger partial charge in [-0.15, -0.1) is 10.1 Å². The van der Waals surface area contributed by atoms with Crippen molar-refractivity contribution < 1.29 is 28.7 Å². The first-order chi connectivity index (χ1) is 17.4. The first-order valence-corrected chi connectivity index (χ1v) is 13.0. The Kier molecular flexibility index (Phi) is 7.02. The van der Waals surface area contributed by atoms with Gasteiger partial charge in [-0.05, 0) is 105 Å². The molecule has 8 heteroatoms. The third-order valence-corrected chi connectivity index (χ3v) is 7.09. The normalized spacial score (nSPS) is 23.5. The largest absolute Gasteiger partial charge is 0.452 e. The summed E-state index contributed by atoms with van der Waals surface area (Å²) in [6.45, 7) is 19.4. The van der Waals surface area contributed by atoms with Gasteiger partial charge in [-0.3, -0.25) is 9.68 Å². The third-order valence-electron chi connectivity index (χ3n) is 7.09. The quantitative estimate of drug-likeness (QED) is 0.306. The Morgan fingerprint density at radius 1 is 0.579 bits per heavy atom. The highest BCUT2D eigenvalue weighted by molar-refractivity contribution is 5.91. The molecule has 2 aliphatic heterocycles. The van der Waals surface area contributed by atoms with E-state index < -0.39 is 23.1 Å². The van der Waals surface area contributed by atoms with E-state index in [1.54, 1.807) is 52.0 Å². The number of hydrogen-bond acceptors (Lipinski definition) is 8. The molecule has 0 aliphatic carbocycles. The van der Waals surface area contributed by atoms with Crippen molar-refractivity contribution in [1.29, 1.82) is 0 Å². The molecule has 0 spiro atoms. The van der Waals surface area contributed by atoms with Crippen LogP contribution >= 0.6 is 0 Å². The number of nitrogens with zero attached hydrogens (tertiary/aromatic N) is 2. The molecular weight excluding hydrogens is 484 g/mol. The lowest BCUT2D eigenvalue weighted by Gasteiger charge is -2.40. The third kappa shape index (κ3) is 5.94. The molecule has 0 amide bonds. The van der Waals surface area contributed by atoms with Crippen LogP contribution < -0.4 is 0 Å². The lowest BCUT2D eigenvalue weighted by Crippen LogP contribution is -2.51. The number of carbonyl (C=O) groups is 2. The average Bonchev–Trinajstić information content (AvgIpc) is 3.70. The van der Waals surface area contributed by atoms with Gasteiger partial charge < -0.3 is 9.47 Å². The van der Waals surface area contributed by atoms with Gasteiger partial charge in [0.05, 0.1) is 11.1 Å². The van der Waals surface area contributed by atoms with E-state index in [1.807, 2.05) is 34.4 Å². The van der Waals surface area contributed by atoms with Gasteiger partial charge in [0.2, 0.25) is 0 Å². The first-order valence-electron chi connectivity index (χ1n) is 13.0. The van der Waals surface area contributed by atoms with Crippen molar-refractivity contribution in [3.63, 3.8) is 0 Å². The summed E-state index contributed by atoms with van der Waals surface area (Å²) in [5.41, 5.74) is 0.355. The Bertz CT molecular complexity index is 1090. The molecule has 0 N–H and O–H groups in total. The van der Waals surface area contributed by atoms with E-state index in [0.29, 0.717) is 11.1 Å². The van der Waals surface area contributed by atoms with Crippen molar-refractivity contribution in [1.82, 2.24) is 10.1 Å². The maximum absolute atomic E-state index is 13.0. The topological polar surface area (TPSA) is 83.7 Å². The van der Waals surface area contributed by atoms with Gasteiger partial charge in [-0.25, -0.2) is 9.59 Å². The van der Waals surface area contributed by atoms with Crippen LogP contribution in [0, 0.1) is 0 Å². The highest BCUT2D eigenvalue weighted by Crippen LogP contribution is 2.44. The van der Waals surface area contributed by atoms with Gasteiger partial charge in [-0.2, -0.15) is 0 Å². The summed E-state index contributed by atoms with van der Waals surface area (Å²) in [6, 6.07) is 14.3. The zero-order valence-corrected chi connectivity index (χ0v) is 24.1. The van der Waals surface area contributed by atoms with Crippen LogP contribution in [0.25, 0.3) is 0 Å². The lowest BCUT2D eigenvalue weighted by molar-refractivity contribution is -0.124. The molecule has 0 saturated carbocycles. The summed E-state index contributed by atoms with van der Waals surface area (Å²) in [5, 5.41) is 3.82. The number of hydroxylamine groups is 4. The average molecular weight is 525 g/mol. The fourth-order valence-corrected chi connectivity index (χ4v) is 3.97. The predicted molar refractivity (Wildman–Crippen MR) is 143 cm³/mol. The molecule has 2 saturated heterocycles. The minimum absolute atomic E-state index is 0.101. The second-order valence-corrected chi connectivity index (χ2v) is 13.0. The fourth-order valence-electron chi connectivity index (χ4n) is 3.97. The second-order valence-electron chi connectivity index (χ2n) is 13.0. The van der Waals surface area contributed by atoms with Crippen LogP contribution in [-0.2, 0) is 19.1 Å². The summed E-state index contributed by atoms with van der Waals surface area (Å²) in [7, 11) is 0. The van der Waals surface area contributed by atoms with E-state index in [0.717, 1.165) is 11.1 Å². The van der Waals surface area contributed by atoms with E-state index in [9.17, 15) is 9.59 Å². The molecule has 4 atom stereocenters. The van der Waals surface area contributed by atoms with Gasteiger partial charge >= 0.3 is 11.9 Å². The number of ether oxygens (including phenoxy) is 2. The summed E-state index contributed by atoms with van der Waals surface area (Å²) in [6.07, 6.45) is -0.226. The molecule has 2 fully saturated rings. The maximum Gasteiger partial charge on any atom is 0.338 e. The van der Waals surface area contributed by atoms with Gasteiger partial charge in [0.1, 0.15) is 11.2 Å². The summed E-state index contributed by atoms with van der Waals surface area (Å²) >= 11 is 0. The molecule has 0 radical (unpaired) electrons. The van der Waals surface area contributed by atoms with Crippen molar-refractivity contribution in [2.45, 2.75) is 104 Å². The smallest absolute Gasteiger partial charge is 0.338 e. The van der Waals surface area contributed by atoms with Crippen molar-refractivity contribution in [3.8, 4) is 0 Å².